The predicted molar refractivity (Wildman–Crippen MR) is 26.3 cm³/mol. The van der Waals surface area contributed by atoms with Crippen molar-refractivity contribution in [2.24, 2.45) is 0 Å². The van der Waals surface area contributed by atoms with Crippen molar-refractivity contribution in [2.75, 3.05) is 0 Å². The number of allylic oxidation sites excluding steroid dienone is 1. The molecule has 5 heavy (non-hydrogen) atoms. The van der Waals surface area contributed by atoms with Crippen LogP contribution in [-0.2, 0) is 18.3 Å². The molecule has 0 aromatic rings. The van der Waals surface area contributed by atoms with Crippen LogP contribution in [0.4, 0.5) is 0 Å². The van der Waals surface area contributed by atoms with E-state index < -0.39 is 0 Å². The standard InChI is InChI=1S/C3H5.Sn.Zn.4H/c1-3-2;;;;;;/h3H,1-2H2;;;;;;. The van der Waals surface area contributed by atoms with Crippen LogP contribution in [0.5, 0.6) is 0 Å². The van der Waals surface area contributed by atoms with Gasteiger partial charge in [-0.25, -0.2) is 0 Å². The molecule has 0 saturated carbocycles. The molecule has 0 unspecified atom stereocenters. The molecule has 27 valence electrons. The Morgan fingerprint density at radius 2 is 2.00 bits per heavy atom. The van der Waals surface area contributed by atoms with E-state index in [4.69, 9.17) is 0 Å². The van der Waals surface area contributed by atoms with Gasteiger partial charge in [0, 0.05) is 0 Å². The Labute approximate surface area is 59.7 Å². The first-order valence-electron chi connectivity index (χ1n) is 1.32. The van der Waals surface area contributed by atoms with E-state index in [-0.39, 0.29) is 23.9 Å². The van der Waals surface area contributed by atoms with E-state index in [1.165, 1.54) is 23.3 Å². The van der Waals surface area contributed by atoms with E-state index in [0.29, 0.717) is 0 Å². The molecule has 0 heterocycles. The van der Waals surface area contributed by atoms with Gasteiger partial charge in [-0.3, -0.25) is 0 Å². The molecular formula is C3H9SnZn. The minimum absolute atomic E-state index is 0. The van der Waals surface area contributed by atoms with Gasteiger partial charge >= 0.3 is 59.9 Å². The molecule has 0 aliphatic heterocycles. The molecule has 0 radical (unpaired) electrons. The third-order valence-corrected chi connectivity index (χ3v) is 1.06. The Balaban J connectivity index is 0. The van der Waals surface area contributed by atoms with E-state index in [0.717, 1.165) is 0 Å². The molecule has 0 aromatic heterocycles. The van der Waals surface area contributed by atoms with Crippen LogP contribution in [0.1, 0.15) is 0 Å². The van der Waals surface area contributed by atoms with Crippen LogP contribution in [0.25, 0.3) is 0 Å². The van der Waals surface area contributed by atoms with Crippen molar-refractivity contribution in [2.45, 2.75) is 5.02 Å². The molecule has 0 fully saturated rings. The summed E-state index contributed by atoms with van der Waals surface area (Å²) in [6, 6.07) is 0. The van der Waals surface area contributed by atoms with Crippen molar-refractivity contribution in [3.8, 4) is 0 Å². The predicted octanol–water partition coefficient (Wildman–Crippen LogP) is -0.314. The van der Waals surface area contributed by atoms with Crippen LogP contribution < -0.4 is 0 Å². The molecule has 0 atom stereocenters. The van der Waals surface area contributed by atoms with Gasteiger partial charge in [0.1, 0.15) is 0 Å². The summed E-state index contributed by atoms with van der Waals surface area (Å²) >= 11 is 1.35. The summed E-state index contributed by atoms with van der Waals surface area (Å²) in [6.07, 6.45) is 1.93. The summed E-state index contributed by atoms with van der Waals surface area (Å²) in [6.45, 7) is 3.51. The number of hydrogen-bond acceptors (Lipinski definition) is 0. The summed E-state index contributed by atoms with van der Waals surface area (Å²) in [5, 5.41) is 1.21. The van der Waals surface area contributed by atoms with Gasteiger partial charge in [-0.2, -0.15) is 0 Å². The second kappa shape index (κ2) is 8.94. The summed E-state index contributed by atoms with van der Waals surface area (Å²) < 4.78 is 0. The number of hydrogen-bond donors (Lipinski definition) is 0. The van der Waals surface area contributed by atoms with E-state index in [1.54, 1.807) is 0 Å². The fourth-order valence-electron chi connectivity index (χ4n) is 0. The SMILES string of the molecule is C=C[CH2][Zn].[SnH4]. The second-order valence-corrected chi connectivity index (χ2v) is 1.79. The van der Waals surface area contributed by atoms with Crippen molar-refractivity contribution in [3.63, 3.8) is 0 Å². The first kappa shape index (κ1) is 9.48. The summed E-state index contributed by atoms with van der Waals surface area (Å²) in [4.78, 5) is 0. The van der Waals surface area contributed by atoms with Crippen molar-refractivity contribution < 1.29 is 18.3 Å². The third-order valence-electron chi connectivity index (χ3n) is 0.204. The Kier molecular flexibility index (Phi) is 17.0. The third kappa shape index (κ3) is 11.0. The Hall–Kier alpha value is 1.16. The van der Waals surface area contributed by atoms with Crippen LogP contribution >= 0.6 is 0 Å². The van der Waals surface area contributed by atoms with E-state index in [1.807, 2.05) is 6.08 Å². The van der Waals surface area contributed by atoms with Gasteiger partial charge in [0.2, 0.25) is 0 Å². The maximum absolute atomic E-state index is 3.51. The minimum atomic E-state index is 0. The molecule has 0 bridgehead atoms. The Morgan fingerprint density at radius 1 is 1.80 bits per heavy atom. The van der Waals surface area contributed by atoms with Crippen molar-refractivity contribution >= 4 is 23.9 Å². The zero-order valence-electron chi connectivity index (χ0n) is 2.70. The molecule has 0 nitrogen and oxygen atoms in total. The quantitative estimate of drug-likeness (QED) is 0.427. The van der Waals surface area contributed by atoms with Gasteiger partial charge < -0.3 is 0 Å². The van der Waals surface area contributed by atoms with Gasteiger partial charge in [-0.1, -0.05) is 0 Å². The first-order valence-corrected chi connectivity index (χ1v) is 3.41. The molecule has 0 spiro atoms. The van der Waals surface area contributed by atoms with Crippen LogP contribution in [0.15, 0.2) is 12.7 Å². The monoisotopic (exact) mass is 229 g/mol. The van der Waals surface area contributed by atoms with Gasteiger partial charge in [-0.15, -0.1) is 0 Å². The molecule has 0 N–H and O–H groups in total. The molecule has 2 heteroatoms. The fourth-order valence-corrected chi connectivity index (χ4v) is 0. The molecule has 0 aliphatic carbocycles. The molecule has 0 saturated heterocycles. The normalized spacial score (nSPS) is 5.20. The van der Waals surface area contributed by atoms with Gasteiger partial charge in [-0.05, 0) is 0 Å². The Bertz CT molecular complexity index is 20.9. The van der Waals surface area contributed by atoms with Crippen LogP contribution in [0.3, 0.4) is 0 Å². The maximum atomic E-state index is 3.51. The van der Waals surface area contributed by atoms with E-state index in [2.05, 4.69) is 6.58 Å². The topological polar surface area (TPSA) is 0 Å². The van der Waals surface area contributed by atoms with Crippen LogP contribution in [-0.4, -0.2) is 23.9 Å². The summed E-state index contributed by atoms with van der Waals surface area (Å²) in [7, 11) is 0. The molecule has 0 aromatic carbocycles. The average molecular weight is 229 g/mol. The number of rotatable bonds is 1. The average Bonchev–Trinajstić information content (AvgIpc) is 1.37. The summed E-state index contributed by atoms with van der Waals surface area (Å²) in [5.74, 6) is 0. The van der Waals surface area contributed by atoms with Crippen molar-refractivity contribution in [3.05, 3.63) is 12.7 Å². The fraction of sp³-hybridized carbons (Fsp3) is 0.333. The van der Waals surface area contributed by atoms with E-state index >= 15 is 0 Å². The Morgan fingerprint density at radius 3 is 2.00 bits per heavy atom. The van der Waals surface area contributed by atoms with Gasteiger partial charge in [0.25, 0.3) is 0 Å². The first-order chi connectivity index (χ1) is 1.91. The zero-order valence-corrected chi connectivity index (χ0v) is 5.67. The van der Waals surface area contributed by atoms with Crippen molar-refractivity contribution in [1.82, 2.24) is 0 Å². The summed E-state index contributed by atoms with van der Waals surface area (Å²) in [5.41, 5.74) is 0. The zero-order chi connectivity index (χ0) is 3.41. The van der Waals surface area contributed by atoms with Crippen LogP contribution in [0, 0.1) is 0 Å². The van der Waals surface area contributed by atoms with Gasteiger partial charge in [0.15, 0.2) is 0 Å². The van der Waals surface area contributed by atoms with Gasteiger partial charge in [0.05, 0.1) is 0 Å². The molecule has 0 aliphatic rings. The molecular weight excluding hydrogens is 220 g/mol. The van der Waals surface area contributed by atoms with Crippen LogP contribution in [0.2, 0.25) is 5.02 Å². The molecule has 0 amide bonds. The molecule has 0 rings (SSSR count). The second-order valence-electron chi connectivity index (χ2n) is 0.577. The van der Waals surface area contributed by atoms with E-state index in [9.17, 15) is 0 Å². The van der Waals surface area contributed by atoms with Crippen molar-refractivity contribution in [1.29, 1.82) is 0 Å².